The van der Waals surface area contributed by atoms with E-state index in [1.807, 2.05) is 47.0 Å². The predicted molar refractivity (Wildman–Crippen MR) is 110 cm³/mol. The lowest BCUT2D eigenvalue weighted by atomic mass is 10.1. The molecule has 2 aromatic heterocycles. The molecule has 0 aliphatic heterocycles. The van der Waals surface area contributed by atoms with E-state index in [2.05, 4.69) is 4.98 Å². The highest BCUT2D eigenvalue weighted by atomic mass is 35.5. The molecule has 0 unspecified atom stereocenters. The third-order valence-electron chi connectivity index (χ3n) is 4.47. The van der Waals surface area contributed by atoms with Gasteiger partial charge in [-0.3, -0.25) is 9.20 Å². The van der Waals surface area contributed by atoms with Crippen molar-refractivity contribution in [2.24, 2.45) is 0 Å². The number of hydrogen-bond acceptors (Lipinski definition) is 4. The lowest BCUT2D eigenvalue weighted by Crippen LogP contribution is -2.27. The average Bonchev–Trinajstić information content (AvgIpc) is 3.04. The number of benzene rings is 1. The fraction of sp³-hybridized carbons (Fsp3) is 0.238. The number of likely N-dealkylation sites (N-methyl/N-ethyl adjacent to an activating group) is 1. The second-order valence-electron chi connectivity index (χ2n) is 6.25. The van der Waals surface area contributed by atoms with Gasteiger partial charge in [-0.25, -0.2) is 4.98 Å². The Bertz CT molecular complexity index is 1010. The van der Waals surface area contributed by atoms with Gasteiger partial charge in [0.05, 0.1) is 19.9 Å². The highest BCUT2D eigenvalue weighted by Gasteiger charge is 2.10. The summed E-state index contributed by atoms with van der Waals surface area (Å²) in [6.07, 6.45) is 5.76. The van der Waals surface area contributed by atoms with Crippen molar-refractivity contribution in [2.75, 3.05) is 27.8 Å². The van der Waals surface area contributed by atoms with E-state index >= 15 is 0 Å². The van der Waals surface area contributed by atoms with Crippen LogP contribution in [0.3, 0.4) is 0 Å². The SMILES string of the molecule is COc1ccc(CCN(C)C(=O)/C=C/c2c(Cl)nc3ccccn23)cc1OC. The minimum atomic E-state index is -0.109. The highest BCUT2D eigenvalue weighted by molar-refractivity contribution is 6.31. The van der Waals surface area contributed by atoms with Gasteiger partial charge < -0.3 is 14.4 Å². The summed E-state index contributed by atoms with van der Waals surface area (Å²) in [6.45, 7) is 0.569. The molecule has 2 heterocycles. The number of fused-ring (bicyclic) bond motifs is 1. The molecule has 0 N–H and O–H groups in total. The number of carbonyl (C=O) groups excluding carboxylic acids is 1. The van der Waals surface area contributed by atoms with Crippen LogP contribution in [0.2, 0.25) is 5.15 Å². The second-order valence-corrected chi connectivity index (χ2v) is 6.61. The van der Waals surface area contributed by atoms with Crippen molar-refractivity contribution < 1.29 is 14.3 Å². The van der Waals surface area contributed by atoms with Crippen LogP contribution >= 0.6 is 11.6 Å². The van der Waals surface area contributed by atoms with Crippen LogP contribution in [0.15, 0.2) is 48.7 Å². The zero-order chi connectivity index (χ0) is 20.1. The van der Waals surface area contributed by atoms with E-state index in [0.29, 0.717) is 35.3 Å². The Morgan fingerprint density at radius 2 is 2.00 bits per heavy atom. The number of aromatic nitrogens is 2. The van der Waals surface area contributed by atoms with Gasteiger partial charge in [-0.1, -0.05) is 23.7 Å². The van der Waals surface area contributed by atoms with Gasteiger partial charge in [0.1, 0.15) is 5.65 Å². The van der Waals surface area contributed by atoms with Crippen molar-refractivity contribution in [3.05, 3.63) is 65.1 Å². The van der Waals surface area contributed by atoms with E-state index in [9.17, 15) is 4.79 Å². The molecule has 0 radical (unpaired) electrons. The van der Waals surface area contributed by atoms with Gasteiger partial charge in [0.25, 0.3) is 0 Å². The maximum Gasteiger partial charge on any atom is 0.246 e. The van der Waals surface area contributed by atoms with Gasteiger partial charge >= 0.3 is 0 Å². The number of rotatable bonds is 7. The Kier molecular flexibility index (Phi) is 6.21. The Morgan fingerprint density at radius 3 is 2.75 bits per heavy atom. The topological polar surface area (TPSA) is 56.1 Å². The second kappa shape index (κ2) is 8.80. The molecule has 0 fully saturated rings. The number of amides is 1. The average molecular weight is 400 g/mol. The molecular formula is C21H22ClN3O3. The van der Waals surface area contributed by atoms with Gasteiger partial charge in [-0.2, -0.15) is 0 Å². The summed E-state index contributed by atoms with van der Waals surface area (Å²) < 4.78 is 12.4. The first-order valence-electron chi connectivity index (χ1n) is 8.80. The number of hydrogen-bond donors (Lipinski definition) is 0. The molecule has 6 nitrogen and oxygen atoms in total. The number of methoxy groups -OCH3 is 2. The van der Waals surface area contributed by atoms with E-state index in [1.165, 1.54) is 6.08 Å². The maximum absolute atomic E-state index is 12.5. The standard InChI is InChI=1S/C21H22ClN3O3/c1-24(13-11-15-7-9-17(27-2)18(14-15)28-3)20(26)10-8-16-21(22)23-19-6-4-5-12-25(16)19/h4-10,12,14H,11,13H2,1-3H3/b10-8+. The van der Waals surface area contributed by atoms with Crippen LogP contribution in [0.4, 0.5) is 0 Å². The minimum absolute atomic E-state index is 0.109. The van der Waals surface area contributed by atoms with Gasteiger partial charge in [0.15, 0.2) is 16.7 Å². The van der Waals surface area contributed by atoms with Gasteiger partial charge in [0.2, 0.25) is 5.91 Å². The third kappa shape index (κ3) is 4.28. The van der Waals surface area contributed by atoms with Crippen molar-refractivity contribution in [1.82, 2.24) is 14.3 Å². The zero-order valence-electron chi connectivity index (χ0n) is 16.1. The highest BCUT2D eigenvalue weighted by Crippen LogP contribution is 2.27. The minimum Gasteiger partial charge on any atom is -0.493 e. The molecule has 3 rings (SSSR count). The first-order valence-corrected chi connectivity index (χ1v) is 9.18. The number of halogens is 1. The molecule has 0 saturated heterocycles. The lowest BCUT2D eigenvalue weighted by molar-refractivity contribution is -0.124. The zero-order valence-corrected chi connectivity index (χ0v) is 16.8. The summed E-state index contributed by atoms with van der Waals surface area (Å²) in [6, 6.07) is 11.4. The lowest BCUT2D eigenvalue weighted by Gasteiger charge is -2.16. The van der Waals surface area contributed by atoms with Gasteiger partial charge in [-0.05, 0) is 42.3 Å². The van der Waals surface area contributed by atoms with Crippen molar-refractivity contribution in [2.45, 2.75) is 6.42 Å². The summed E-state index contributed by atoms with van der Waals surface area (Å²) in [7, 11) is 4.98. The molecule has 1 amide bonds. The van der Waals surface area contributed by atoms with Crippen LogP contribution in [0, 0.1) is 0 Å². The van der Waals surface area contributed by atoms with E-state index in [-0.39, 0.29) is 5.91 Å². The fourth-order valence-corrected chi connectivity index (χ4v) is 3.10. The number of pyridine rings is 1. The summed E-state index contributed by atoms with van der Waals surface area (Å²) in [4.78, 5) is 18.4. The molecule has 0 spiro atoms. The summed E-state index contributed by atoms with van der Waals surface area (Å²) in [5.74, 6) is 1.25. The van der Waals surface area contributed by atoms with Crippen LogP contribution < -0.4 is 9.47 Å². The van der Waals surface area contributed by atoms with E-state index in [0.717, 1.165) is 11.2 Å². The number of carbonyl (C=O) groups is 1. The van der Waals surface area contributed by atoms with Crippen molar-refractivity contribution >= 4 is 29.2 Å². The maximum atomic E-state index is 12.5. The third-order valence-corrected chi connectivity index (χ3v) is 4.74. The molecule has 0 aliphatic carbocycles. The molecule has 0 saturated carbocycles. The number of nitrogens with zero attached hydrogens (tertiary/aromatic N) is 3. The van der Waals surface area contributed by atoms with Crippen molar-refractivity contribution in [1.29, 1.82) is 0 Å². The first kappa shape index (κ1) is 19.8. The number of ether oxygens (including phenoxy) is 2. The number of imidazole rings is 1. The first-order chi connectivity index (χ1) is 13.5. The van der Waals surface area contributed by atoms with Crippen molar-refractivity contribution in [3.63, 3.8) is 0 Å². The van der Waals surface area contributed by atoms with Crippen molar-refractivity contribution in [3.8, 4) is 11.5 Å². The van der Waals surface area contributed by atoms with Crippen LogP contribution in [0.25, 0.3) is 11.7 Å². The molecule has 0 aliphatic rings. The molecule has 1 aromatic carbocycles. The molecule has 0 bridgehead atoms. The summed E-state index contributed by atoms with van der Waals surface area (Å²) >= 11 is 6.19. The largest absolute Gasteiger partial charge is 0.493 e. The molecular weight excluding hydrogens is 378 g/mol. The Hall–Kier alpha value is -2.99. The fourth-order valence-electron chi connectivity index (χ4n) is 2.86. The monoisotopic (exact) mass is 399 g/mol. The molecule has 7 heteroatoms. The normalized spacial score (nSPS) is 11.1. The predicted octanol–water partition coefficient (Wildman–Crippen LogP) is 3.72. The summed E-state index contributed by atoms with van der Waals surface area (Å²) in [5.41, 5.74) is 2.48. The quantitative estimate of drug-likeness (QED) is 0.568. The van der Waals surface area contributed by atoms with Crippen LogP contribution in [-0.2, 0) is 11.2 Å². The van der Waals surface area contributed by atoms with Gasteiger partial charge in [-0.15, -0.1) is 0 Å². The van der Waals surface area contributed by atoms with E-state index in [4.69, 9.17) is 21.1 Å². The Labute approximate surface area is 169 Å². The smallest absolute Gasteiger partial charge is 0.246 e. The van der Waals surface area contributed by atoms with Gasteiger partial charge in [0, 0.05) is 25.9 Å². The van der Waals surface area contributed by atoms with Crippen LogP contribution in [-0.4, -0.2) is 48.0 Å². The summed E-state index contributed by atoms with van der Waals surface area (Å²) in [5, 5.41) is 0.364. The molecule has 0 atom stereocenters. The Balaban J connectivity index is 1.64. The molecule has 28 heavy (non-hydrogen) atoms. The van der Waals surface area contributed by atoms with Crippen LogP contribution in [0.5, 0.6) is 11.5 Å². The van der Waals surface area contributed by atoms with Crippen LogP contribution in [0.1, 0.15) is 11.3 Å². The Morgan fingerprint density at radius 1 is 1.21 bits per heavy atom. The molecule has 3 aromatic rings. The molecule has 146 valence electrons. The van der Waals surface area contributed by atoms with E-state index in [1.54, 1.807) is 32.2 Å². The van der Waals surface area contributed by atoms with E-state index < -0.39 is 0 Å².